The molecule has 0 spiro atoms. The predicted molar refractivity (Wildman–Crippen MR) is 58.2 cm³/mol. The molecule has 82 valence electrons. The van der Waals surface area contributed by atoms with Gasteiger partial charge in [0.25, 0.3) is 0 Å². The first-order valence-corrected chi connectivity index (χ1v) is 5.42. The lowest BCUT2D eigenvalue weighted by Crippen LogP contribution is -2.17. The van der Waals surface area contributed by atoms with Gasteiger partial charge in [-0.3, -0.25) is 9.48 Å². The first-order valence-electron chi connectivity index (χ1n) is 5.04. The third kappa shape index (κ3) is 1.92. The quantitative estimate of drug-likeness (QED) is 0.684. The van der Waals surface area contributed by atoms with Crippen LogP contribution in [-0.4, -0.2) is 34.1 Å². The minimum Gasteiger partial charge on any atom is -0.300 e. The molecule has 0 amide bonds. The van der Waals surface area contributed by atoms with Crippen molar-refractivity contribution >= 4 is 17.4 Å². The fourth-order valence-corrected chi connectivity index (χ4v) is 2.19. The van der Waals surface area contributed by atoms with Gasteiger partial charge in [0, 0.05) is 26.6 Å². The lowest BCUT2D eigenvalue weighted by molar-refractivity contribution is 0.101. The fourth-order valence-electron chi connectivity index (χ4n) is 1.86. The van der Waals surface area contributed by atoms with E-state index < -0.39 is 0 Å². The van der Waals surface area contributed by atoms with Gasteiger partial charge in [0.15, 0.2) is 5.78 Å². The van der Waals surface area contributed by atoms with Crippen LogP contribution in [-0.2, 0) is 13.1 Å². The van der Waals surface area contributed by atoms with E-state index >= 15 is 0 Å². The zero-order valence-electron chi connectivity index (χ0n) is 8.96. The molecule has 0 saturated heterocycles. The van der Waals surface area contributed by atoms with Crippen LogP contribution in [0.2, 0.25) is 5.02 Å². The number of halogens is 1. The molecule has 2 rings (SSSR count). The van der Waals surface area contributed by atoms with Gasteiger partial charge < -0.3 is 4.90 Å². The number of fused-ring (bicyclic) bond motifs is 1. The molecule has 1 aromatic heterocycles. The SMILES string of the molecule is CC(=O)c1nn2c(c1Cl)CN(C)CCC2. The third-order valence-corrected chi connectivity index (χ3v) is 3.05. The summed E-state index contributed by atoms with van der Waals surface area (Å²) in [6.07, 6.45) is 1.04. The van der Waals surface area contributed by atoms with E-state index in [-0.39, 0.29) is 5.78 Å². The highest BCUT2D eigenvalue weighted by molar-refractivity contribution is 6.34. The van der Waals surface area contributed by atoms with Gasteiger partial charge in [0.1, 0.15) is 5.69 Å². The van der Waals surface area contributed by atoms with Gasteiger partial charge in [-0.25, -0.2) is 0 Å². The van der Waals surface area contributed by atoms with E-state index in [0.717, 1.165) is 31.7 Å². The lowest BCUT2D eigenvalue weighted by Gasteiger charge is -2.11. The van der Waals surface area contributed by atoms with Crippen LogP contribution in [0.15, 0.2) is 0 Å². The van der Waals surface area contributed by atoms with Crippen LogP contribution in [0.1, 0.15) is 29.5 Å². The van der Waals surface area contributed by atoms with Crippen molar-refractivity contribution in [2.24, 2.45) is 0 Å². The Hall–Kier alpha value is -0.870. The Morgan fingerprint density at radius 2 is 2.20 bits per heavy atom. The summed E-state index contributed by atoms with van der Waals surface area (Å²) in [6, 6.07) is 0. The fraction of sp³-hybridized carbons (Fsp3) is 0.600. The van der Waals surface area contributed by atoms with Gasteiger partial charge in [0.05, 0.1) is 10.7 Å². The molecule has 2 heterocycles. The van der Waals surface area contributed by atoms with Crippen LogP contribution < -0.4 is 0 Å². The highest BCUT2D eigenvalue weighted by atomic mass is 35.5. The van der Waals surface area contributed by atoms with Gasteiger partial charge in [-0.15, -0.1) is 0 Å². The van der Waals surface area contributed by atoms with Crippen LogP contribution in [0, 0.1) is 0 Å². The molecule has 1 aliphatic heterocycles. The third-order valence-electron chi connectivity index (χ3n) is 2.66. The molecular weight excluding hydrogens is 214 g/mol. The average Bonchev–Trinajstić information content (AvgIpc) is 2.38. The summed E-state index contributed by atoms with van der Waals surface area (Å²) < 4.78 is 1.86. The number of carbonyl (C=O) groups is 1. The smallest absolute Gasteiger partial charge is 0.181 e. The second-order valence-electron chi connectivity index (χ2n) is 3.98. The van der Waals surface area contributed by atoms with Gasteiger partial charge in [-0.2, -0.15) is 5.10 Å². The Labute approximate surface area is 93.8 Å². The summed E-state index contributed by atoms with van der Waals surface area (Å²) in [4.78, 5) is 13.5. The number of hydrogen-bond acceptors (Lipinski definition) is 3. The number of ketones is 1. The molecule has 1 aliphatic rings. The van der Waals surface area contributed by atoms with E-state index in [2.05, 4.69) is 10.00 Å². The monoisotopic (exact) mass is 227 g/mol. The molecule has 15 heavy (non-hydrogen) atoms. The summed E-state index contributed by atoms with van der Waals surface area (Å²) in [5.74, 6) is -0.0665. The number of nitrogens with zero attached hydrogens (tertiary/aromatic N) is 3. The van der Waals surface area contributed by atoms with E-state index in [1.54, 1.807) is 0 Å². The van der Waals surface area contributed by atoms with Gasteiger partial charge in [-0.05, 0) is 13.5 Å². The molecule has 4 nitrogen and oxygen atoms in total. The molecule has 5 heteroatoms. The Morgan fingerprint density at radius 3 is 2.87 bits per heavy atom. The highest BCUT2D eigenvalue weighted by Gasteiger charge is 2.21. The molecule has 0 aliphatic carbocycles. The van der Waals surface area contributed by atoms with Crippen molar-refractivity contribution < 1.29 is 4.79 Å². The molecule has 0 saturated carbocycles. The van der Waals surface area contributed by atoms with Gasteiger partial charge in [-0.1, -0.05) is 11.6 Å². The normalized spacial score (nSPS) is 17.3. The molecular formula is C10H14ClN3O. The zero-order chi connectivity index (χ0) is 11.0. The van der Waals surface area contributed by atoms with E-state index in [1.807, 2.05) is 11.7 Å². The number of Topliss-reactive ketones (excluding diaryl/α,β-unsaturated/α-hetero) is 1. The molecule has 1 aromatic rings. The summed E-state index contributed by atoms with van der Waals surface area (Å²) in [6.45, 7) is 4.14. The molecule has 0 N–H and O–H groups in total. The standard InChI is InChI=1S/C10H14ClN3O/c1-7(15)10-9(11)8-6-13(2)4-3-5-14(8)12-10/h3-6H2,1-2H3. The first-order chi connectivity index (χ1) is 7.09. The second kappa shape index (κ2) is 3.94. The van der Waals surface area contributed by atoms with Crippen molar-refractivity contribution in [3.8, 4) is 0 Å². The zero-order valence-corrected chi connectivity index (χ0v) is 9.71. The summed E-state index contributed by atoms with van der Waals surface area (Å²) in [5, 5.41) is 4.78. The number of aromatic nitrogens is 2. The Kier molecular flexibility index (Phi) is 2.80. The molecule has 0 unspecified atom stereocenters. The minimum absolute atomic E-state index is 0.0665. The van der Waals surface area contributed by atoms with E-state index in [0.29, 0.717) is 10.7 Å². The topological polar surface area (TPSA) is 38.1 Å². The number of hydrogen-bond donors (Lipinski definition) is 0. The average molecular weight is 228 g/mol. The summed E-state index contributed by atoms with van der Waals surface area (Å²) >= 11 is 6.14. The van der Waals surface area contributed by atoms with Crippen LogP contribution in [0.5, 0.6) is 0 Å². The Balaban J connectivity index is 2.44. The van der Waals surface area contributed by atoms with Gasteiger partial charge >= 0.3 is 0 Å². The molecule has 0 aromatic carbocycles. The number of carbonyl (C=O) groups excluding carboxylic acids is 1. The second-order valence-corrected chi connectivity index (χ2v) is 4.36. The van der Waals surface area contributed by atoms with Crippen molar-refractivity contribution in [2.75, 3.05) is 13.6 Å². The number of aryl methyl sites for hydroxylation is 1. The Morgan fingerprint density at radius 1 is 1.47 bits per heavy atom. The van der Waals surface area contributed by atoms with E-state index in [4.69, 9.17) is 11.6 Å². The maximum Gasteiger partial charge on any atom is 0.181 e. The minimum atomic E-state index is -0.0665. The van der Waals surface area contributed by atoms with Crippen molar-refractivity contribution in [1.82, 2.24) is 14.7 Å². The van der Waals surface area contributed by atoms with Crippen LogP contribution in [0.25, 0.3) is 0 Å². The van der Waals surface area contributed by atoms with Crippen molar-refractivity contribution in [1.29, 1.82) is 0 Å². The summed E-state index contributed by atoms with van der Waals surface area (Å²) in [7, 11) is 2.05. The largest absolute Gasteiger partial charge is 0.300 e. The highest BCUT2D eigenvalue weighted by Crippen LogP contribution is 2.24. The summed E-state index contributed by atoms with van der Waals surface area (Å²) in [5.41, 5.74) is 1.36. The predicted octanol–water partition coefficient (Wildman–Crippen LogP) is 1.57. The lowest BCUT2D eigenvalue weighted by atomic mass is 10.3. The maximum atomic E-state index is 11.3. The molecule has 0 fully saturated rings. The van der Waals surface area contributed by atoms with Crippen molar-refractivity contribution in [3.63, 3.8) is 0 Å². The van der Waals surface area contributed by atoms with Crippen molar-refractivity contribution in [3.05, 3.63) is 16.4 Å². The van der Waals surface area contributed by atoms with Crippen molar-refractivity contribution in [2.45, 2.75) is 26.4 Å². The Bertz CT molecular complexity index is 400. The van der Waals surface area contributed by atoms with E-state index in [9.17, 15) is 4.79 Å². The van der Waals surface area contributed by atoms with Crippen LogP contribution >= 0.6 is 11.6 Å². The molecule has 0 atom stereocenters. The molecule has 0 radical (unpaired) electrons. The first kappa shape index (κ1) is 10.6. The van der Waals surface area contributed by atoms with E-state index in [1.165, 1.54) is 6.92 Å². The molecule has 0 bridgehead atoms. The van der Waals surface area contributed by atoms with Crippen LogP contribution in [0.4, 0.5) is 0 Å². The number of rotatable bonds is 1. The van der Waals surface area contributed by atoms with Crippen LogP contribution in [0.3, 0.4) is 0 Å². The van der Waals surface area contributed by atoms with Gasteiger partial charge in [0.2, 0.25) is 0 Å². The maximum absolute atomic E-state index is 11.3.